The first-order valence-electron chi connectivity index (χ1n) is 10.8. The number of carbonyl (C=O) groups is 1. The van der Waals surface area contributed by atoms with E-state index in [1.54, 1.807) is 0 Å². The average molecular weight is 431 g/mol. The normalized spacial score (nSPS) is 13.2. The Bertz CT molecular complexity index is 1130. The molecule has 1 heterocycles. The topological polar surface area (TPSA) is 44.9 Å². The molecule has 0 aliphatic rings. The number of para-hydroxylation sites is 1. The number of fused-ring (bicyclic) bond motifs is 1. The lowest BCUT2D eigenvalue weighted by Crippen LogP contribution is -2.30. The van der Waals surface area contributed by atoms with Crippen LogP contribution in [0.25, 0.3) is 10.9 Å². The Kier molecular flexibility index (Phi) is 6.86. The van der Waals surface area contributed by atoms with Crippen LogP contribution in [0.1, 0.15) is 46.7 Å². The van der Waals surface area contributed by atoms with E-state index in [9.17, 15) is 4.79 Å². The Morgan fingerprint density at radius 1 is 0.903 bits per heavy atom. The molecule has 0 saturated heterocycles. The molecule has 0 spiro atoms. The summed E-state index contributed by atoms with van der Waals surface area (Å²) in [5.74, 6) is 0.260. The number of aromatic nitrogens is 1. The second-order valence-electron chi connectivity index (χ2n) is 7.89. The molecule has 2 atom stereocenters. The Balaban J connectivity index is 1.53. The van der Waals surface area contributed by atoms with E-state index in [4.69, 9.17) is 11.6 Å². The summed E-state index contributed by atoms with van der Waals surface area (Å²) in [6.45, 7) is 3.59. The number of nitrogens with one attached hydrogen (secondary N) is 2. The molecule has 4 heteroatoms. The molecule has 0 aliphatic heterocycles. The Hall–Kier alpha value is -2.88. The van der Waals surface area contributed by atoms with Crippen LogP contribution >= 0.6 is 11.6 Å². The molecule has 3 nitrogen and oxygen atoms in total. The minimum absolute atomic E-state index is 0.135. The van der Waals surface area contributed by atoms with Crippen molar-refractivity contribution in [3.05, 3.63) is 107 Å². The lowest BCUT2D eigenvalue weighted by Gasteiger charge is -2.20. The number of benzene rings is 3. The minimum atomic E-state index is -0.247. The van der Waals surface area contributed by atoms with Crippen molar-refractivity contribution >= 4 is 28.3 Å². The highest BCUT2D eigenvalue weighted by atomic mass is 35.5. The SMILES string of the molecule is CC[C@H](CNCC(C(=O)c1c[nH]c2ccccc12)c1ccccc1)c1ccc(Cl)cc1. The summed E-state index contributed by atoms with van der Waals surface area (Å²) in [6.07, 6.45) is 2.85. The first kappa shape index (κ1) is 21.4. The number of halogens is 1. The van der Waals surface area contributed by atoms with Gasteiger partial charge in [0.1, 0.15) is 0 Å². The van der Waals surface area contributed by atoms with E-state index in [-0.39, 0.29) is 11.7 Å². The highest BCUT2D eigenvalue weighted by Crippen LogP contribution is 2.26. The van der Waals surface area contributed by atoms with Crippen LogP contribution in [0.4, 0.5) is 0 Å². The van der Waals surface area contributed by atoms with Gasteiger partial charge in [-0.2, -0.15) is 0 Å². The zero-order valence-electron chi connectivity index (χ0n) is 17.6. The molecule has 1 aromatic heterocycles. The number of aromatic amines is 1. The third kappa shape index (κ3) is 4.90. The van der Waals surface area contributed by atoms with Gasteiger partial charge in [-0.25, -0.2) is 0 Å². The zero-order valence-corrected chi connectivity index (χ0v) is 18.4. The first-order chi connectivity index (χ1) is 15.2. The Labute approximate surface area is 188 Å². The molecule has 0 saturated carbocycles. The summed E-state index contributed by atoms with van der Waals surface area (Å²) in [5, 5.41) is 5.30. The van der Waals surface area contributed by atoms with E-state index in [0.29, 0.717) is 12.5 Å². The molecule has 3 aromatic carbocycles. The van der Waals surface area contributed by atoms with Crippen molar-refractivity contribution in [1.29, 1.82) is 0 Å². The average Bonchev–Trinajstić information content (AvgIpc) is 3.24. The maximum absolute atomic E-state index is 13.6. The molecule has 4 aromatic rings. The third-order valence-electron chi connectivity index (χ3n) is 5.95. The summed E-state index contributed by atoms with van der Waals surface area (Å²) in [7, 11) is 0. The van der Waals surface area contributed by atoms with Gasteiger partial charge in [0.2, 0.25) is 0 Å². The van der Waals surface area contributed by atoms with Crippen molar-refractivity contribution in [3.8, 4) is 0 Å². The number of hydrogen-bond acceptors (Lipinski definition) is 2. The van der Waals surface area contributed by atoms with Crippen LogP contribution in [0.2, 0.25) is 5.02 Å². The second-order valence-corrected chi connectivity index (χ2v) is 8.33. The van der Waals surface area contributed by atoms with Crippen LogP contribution in [-0.2, 0) is 0 Å². The zero-order chi connectivity index (χ0) is 21.6. The van der Waals surface area contributed by atoms with Gasteiger partial charge in [-0.05, 0) is 41.7 Å². The molecule has 0 bridgehead atoms. The Morgan fingerprint density at radius 2 is 1.61 bits per heavy atom. The number of H-pyrrole nitrogens is 1. The van der Waals surface area contributed by atoms with Gasteiger partial charge in [0.15, 0.2) is 5.78 Å². The molecule has 0 radical (unpaired) electrons. The van der Waals surface area contributed by atoms with Crippen molar-refractivity contribution in [2.45, 2.75) is 25.2 Å². The summed E-state index contributed by atoms with van der Waals surface area (Å²) >= 11 is 6.04. The molecule has 158 valence electrons. The van der Waals surface area contributed by atoms with Crippen molar-refractivity contribution in [1.82, 2.24) is 10.3 Å². The van der Waals surface area contributed by atoms with Crippen molar-refractivity contribution in [3.63, 3.8) is 0 Å². The molecule has 2 N–H and O–H groups in total. The van der Waals surface area contributed by atoms with Gasteiger partial charge in [0.05, 0.1) is 5.92 Å². The molecule has 0 amide bonds. The van der Waals surface area contributed by atoms with Gasteiger partial charge in [-0.1, -0.05) is 79.2 Å². The van der Waals surface area contributed by atoms with E-state index >= 15 is 0 Å². The summed E-state index contributed by atoms with van der Waals surface area (Å²) < 4.78 is 0. The number of rotatable bonds is 9. The molecule has 0 aliphatic carbocycles. The molecule has 1 unspecified atom stereocenters. The van der Waals surface area contributed by atoms with Gasteiger partial charge in [0.25, 0.3) is 0 Å². The number of carbonyl (C=O) groups excluding carboxylic acids is 1. The minimum Gasteiger partial charge on any atom is -0.360 e. The van der Waals surface area contributed by atoms with Crippen LogP contribution < -0.4 is 5.32 Å². The van der Waals surface area contributed by atoms with E-state index in [1.807, 2.05) is 72.9 Å². The predicted molar refractivity (Wildman–Crippen MR) is 129 cm³/mol. The maximum Gasteiger partial charge on any atom is 0.173 e. The van der Waals surface area contributed by atoms with Crippen LogP contribution in [0.15, 0.2) is 85.1 Å². The molecule has 4 rings (SSSR count). The van der Waals surface area contributed by atoms with Crippen LogP contribution in [0.5, 0.6) is 0 Å². The van der Waals surface area contributed by atoms with Crippen LogP contribution in [0, 0.1) is 0 Å². The highest BCUT2D eigenvalue weighted by molar-refractivity contribution is 6.30. The number of Topliss-reactive ketones (excluding diaryl/α,β-unsaturated/α-hetero) is 1. The van der Waals surface area contributed by atoms with E-state index in [0.717, 1.165) is 40.0 Å². The number of ketones is 1. The van der Waals surface area contributed by atoms with Crippen molar-refractivity contribution in [2.75, 3.05) is 13.1 Å². The fourth-order valence-electron chi connectivity index (χ4n) is 4.15. The predicted octanol–water partition coefficient (Wildman–Crippen LogP) is 6.57. The monoisotopic (exact) mass is 430 g/mol. The van der Waals surface area contributed by atoms with Crippen molar-refractivity contribution < 1.29 is 4.79 Å². The van der Waals surface area contributed by atoms with Crippen LogP contribution in [0.3, 0.4) is 0 Å². The fourth-order valence-corrected chi connectivity index (χ4v) is 4.27. The first-order valence-corrected chi connectivity index (χ1v) is 11.2. The highest BCUT2D eigenvalue weighted by Gasteiger charge is 2.24. The molecular weight excluding hydrogens is 404 g/mol. The quantitative estimate of drug-likeness (QED) is 0.295. The lowest BCUT2D eigenvalue weighted by atomic mass is 9.90. The summed E-state index contributed by atoms with van der Waals surface area (Å²) in [6, 6.07) is 26.0. The third-order valence-corrected chi connectivity index (χ3v) is 6.20. The van der Waals surface area contributed by atoms with E-state index in [1.165, 1.54) is 5.56 Å². The van der Waals surface area contributed by atoms with Gasteiger partial charge < -0.3 is 10.3 Å². The summed E-state index contributed by atoms with van der Waals surface area (Å²) in [4.78, 5) is 16.8. The van der Waals surface area contributed by atoms with Gasteiger partial charge in [-0.15, -0.1) is 0 Å². The fraction of sp³-hybridized carbons (Fsp3) is 0.222. The van der Waals surface area contributed by atoms with Crippen molar-refractivity contribution in [2.24, 2.45) is 0 Å². The smallest absolute Gasteiger partial charge is 0.173 e. The second kappa shape index (κ2) is 9.95. The molecule has 31 heavy (non-hydrogen) atoms. The largest absolute Gasteiger partial charge is 0.360 e. The Morgan fingerprint density at radius 3 is 2.35 bits per heavy atom. The molecule has 0 fully saturated rings. The van der Waals surface area contributed by atoms with Gasteiger partial charge >= 0.3 is 0 Å². The standard InChI is InChI=1S/C27H27ClN2O/c1-2-19(20-12-14-22(28)15-13-20)16-29-17-24(21-8-4-3-5-9-21)27(31)25-18-30-26-11-7-6-10-23(25)26/h3-15,18-19,24,29-30H,2,16-17H2,1H3/t19-,24?/m1/s1. The van der Waals surface area contributed by atoms with Gasteiger partial charge in [0, 0.05) is 40.8 Å². The van der Waals surface area contributed by atoms with E-state index < -0.39 is 0 Å². The van der Waals surface area contributed by atoms with Crippen LogP contribution in [-0.4, -0.2) is 23.9 Å². The summed E-state index contributed by atoms with van der Waals surface area (Å²) in [5.41, 5.74) is 4.03. The maximum atomic E-state index is 13.6. The van der Waals surface area contributed by atoms with E-state index in [2.05, 4.69) is 29.4 Å². The molecular formula is C27H27ClN2O. The van der Waals surface area contributed by atoms with Gasteiger partial charge in [-0.3, -0.25) is 4.79 Å². The lowest BCUT2D eigenvalue weighted by molar-refractivity contribution is 0.0960. The number of hydrogen-bond donors (Lipinski definition) is 2.